The third-order valence-electron chi connectivity index (χ3n) is 3.95. The van der Waals surface area contributed by atoms with E-state index in [-0.39, 0.29) is 23.9 Å². The van der Waals surface area contributed by atoms with Gasteiger partial charge >= 0.3 is 0 Å². The highest BCUT2D eigenvalue weighted by atomic mass is 19.1. The Kier molecular flexibility index (Phi) is 5.70. The zero-order valence-corrected chi connectivity index (χ0v) is 12.3. The van der Waals surface area contributed by atoms with Gasteiger partial charge in [-0.25, -0.2) is 4.39 Å². The van der Waals surface area contributed by atoms with Crippen LogP contribution in [0, 0.1) is 11.7 Å². The summed E-state index contributed by atoms with van der Waals surface area (Å²) >= 11 is 0. The molecule has 0 saturated heterocycles. The molecule has 116 valence electrons. The summed E-state index contributed by atoms with van der Waals surface area (Å²) in [5, 5.41) is 15.7. The van der Waals surface area contributed by atoms with Crippen LogP contribution in [-0.4, -0.2) is 29.7 Å². The number of benzene rings is 1. The first-order valence-electron chi connectivity index (χ1n) is 7.51. The fourth-order valence-electron chi connectivity index (χ4n) is 2.74. The zero-order valence-electron chi connectivity index (χ0n) is 12.3. The number of hydrogen-bond donors (Lipinski definition) is 3. The number of hydrogen-bond acceptors (Lipinski definition) is 3. The number of nitrogens with one attached hydrogen (secondary N) is 2. The Morgan fingerprint density at radius 1 is 1.48 bits per heavy atom. The second kappa shape index (κ2) is 7.52. The number of aliphatic hydroxyl groups is 1. The second-order valence-electron chi connectivity index (χ2n) is 5.83. The maximum absolute atomic E-state index is 13.0. The molecule has 1 aliphatic rings. The van der Waals surface area contributed by atoms with Gasteiger partial charge < -0.3 is 15.7 Å². The Morgan fingerprint density at radius 2 is 2.29 bits per heavy atom. The summed E-state index contributed by atoms with van der Waals surface area (Å²) in [6.45, 7) is 2.67. The molecule has 3 N–H and O–H groups in total. The van der Waals surface area contributed by atoms with Crippen molar-refractivity contribution in [2.45, 2.75) is 44.8 Å². The molecule has 0 aliphatic heterocycles. The number of rotatable bonds is 6. The van der Waals surface area contributed by atoms with Crippen molar-refractivity contribution in [1.82, 2.24) is 5.32 Å². The van der Waals surface area contributed by atoms with Crippen molar-refractivity contribution in [3.63, 3.8) is 0 Å². The van der Waals surface area contributed by atoms with E-state index in [4.69, 9.17) is 0 Å². The Bertz CT molecular complexity index is 481. The lowest BCUT2D eigenvalue weighted by Gasteiger charge is -2.19. The summed E-state index contributed by atoms with van der Waals surface area (Å²) < 4.78 is 13.0. The fraction of sp³-hybridized carbons (Fsp3) is 0.562. The molecule has 21 heavy (non-hydrogen) atoms. The molecule has 0 heterocycles. The lowest BCUT2D eigenvalue weighted by atomic mass is 10.1. The fourth-order valence-corrected chi connectivity index (χ4v) is 2.74. The van der Waals surface area contributed by atoms with Crippen molar-refractivity contribution in [2.75, 3.05) is 11.9 Å². The molecule has 0 spiro atoms. The van der Waals surface area contributed by atoms with E-state index in [1.807, 2.05) is 6.92 Å². The lowest BCUT2D eigenvalue weighted by molar-refractivity contribution is -0.116. The van der Waals surface area contributed by atoms with E-state index in [1.165, 1.54) is 12.1 Å². The Hall–Kier alpha value is -1.46. The maximum Gasteiger partial charge on any atom is 0.225 e. The molecule has 0 bridgehead atoms. The number of aliphatic hydroxyl groups excluding tert-OH is 1. The van der Waals surface area contributed by atoms with Crippen LogP contribution >= 0.6 is 0 Å². The first kappa shape index (κ1) is 15.9. The molecule has 4 nitrogen and oxygen atoms in total. The van der Waals surface area contributed by atoms with Gasteiger partial charge in [0.2, 0.25) is 5.91 Å². The van der Waals surface area contributed by atoms with E-state index in [2.05, 4.69) is 10.6 Å². The molecule has 1 fully saturated rings. The minimum absolute atomic E-state index is 0.0198. The van der Waals surface area contributed by atoms with Crippen molar-refractivity contribution >= 4 is 11.6 Å². The number of halogens is 1. The SMILES string of the molecule is CC(CC(=O)Nc1cccc(F)c1)NCC1CCCC1O. The van der Waals surface area contributed by atoms with Crippen LogP contribution in [0.3, 0.4) is 0 Å². The van der Waals surface area contributed by atoms with Crippen LogP contribution in [0.25, 0.3) is 0 Å². The normalized spacial score (nSPS) is 23.0. The first-order chi connectivity index (χ1) is 10.0. The van der Waals surface area contributed by atoms with Crippen LogP contribution in [0.1, 0.15) is 32.6 Å². The monoisotopic (exact) mass is 294 g/mol. The van der Waals surface area contributed by atoms with Gasteiger partial charge in [-0.05, 0) is 43.9 Å². The molecule has 1 aromatic carbocycles. The van der Waals surface area contributed by atoms with Crippen LogP contribution in [0.4, 0.5) is 10.1 Å². The van der Waals surface area contributed by atoms with E-state index in [1.54, 1.807) is 12.1 Å². The summed E-state index contributed by atoms with van der Waals surface area (Å²) in [5.41, 5.74) is 0.471. The molecule has 1 aromatic rings. The standard InChI is InChI=1S/C16H23FN2O2/c1-11(18-10-12-4-2-7-15(12)20)8-16(21)19-14-6-3-5-13(17)9-14/h3,5-6,9,11-12,15,18,20H,2,4,7-8,10H2,1H3,(H,19,21). The van der Waals surface area contributed by atoms with E-state index < -0.39 is 0 Å². The second-order valence-corrected chi connectivity index (χ2v) is 5.83. The molecular weight excluding hydrogens is 271 g/mol. The molecule has 3 unspecified atom stereocenters. The van der Waals surface area contributed by atoms with Gasteiger partial charge in [-0.1, -0.05) is 12.5 Å². The molecule has 1 saturated carbocycles. The molecule has 1 aliphatic carbocycles. The third-order valence-corrected chi connectivity index (χ3v) is 3.95. The van der Waals surface area contributed by atoms with Crippen LogP contribution < -0.4 is 10.6 Å². The highest BCUT2D eigenvalue weighted by molar-refractivity contribution is 5.91. The number of anilines is 1. The Balaban J connectivity index is 1.71. The van der Waals surface area contributed by atoms with Gasteiger partial charge in [0, 0.05) is 24.7 Å². The van der Waals surface area contributed by atoms with Crippen molar-refractivity contribution in [2.24, 2.45) is 5.92 Å². The predicted octanol–water partition coefficient (Wildman–Crippen LogP) is 2.29. The minimum Gasteiger partial charge on any atom is -0.393 e. The van der Waals surface area contributed by atoms with Crippen LogP contribution in [0.15, 0.2) is 24.3 Å². The highest BCUT2D eigenvalue weighted by Gasteiger charge is 2.25. The average molecular weight is 294 g/mol. The molecule has 3 atom stereocenters. The molecule has 1 amide bonds. The van der Waals surface area contributed by atoms with Crippen LogP contribution in [-0.2, 0) is 4.79 Å². The van der Waals surface area contributed by atoms with Gasteiger partial charge in [-0.3, -0.25) is 4.79 Å². The zero-order chi connectivity index (χ0) is 15.2. The van der Waals surface area contributed by atoms with Gasteiger partial charge in [0.1, 0.15) is 5.82 Å². The van der Waals surface area contributed by atoms with E-state index in [0.29, 0.717) is 18.0 Å². The van der Waals surface area contributed by atoms with E-state index in [9.17, 15) is 14.3 Å². The van der Waals surface area contributed by atoms with Crippen LogP contribution in [0.5, 0.6) is 0 Å². The average Bonchev–Trinajstić information content (AvgIpc) is 2.81. The van der Waals surface area contributed by atoms with Crippen molar-refractivity contribution < 1.29 is 14.3 Å². The molecule has 5 heteroatoms. The van der Waals surface area contributed by atoms with Gasteiger partial charge in [0.15, 0.2) is 0 Å². The predicted molar refractivity (Wildman–Crippen MR) is 80.5 cm³/mol. The molecule has 0 radical (unpaired) electrons. The van der Waals surface area contributed by atoms with Gasteiger partial charge in [0.05, 0.1) is 6.10 Å². The van der Waals surface area contributed by atoms with Gasteiger partial charge in [-0.2, -0.15) is 0 Å². The first-order valence-corrected chi connectivity index (χ1v) is 7.51. The Morgan fingerprint density at radius 3 is 2.95 bits per heavy atom. The summed E-state index contributed by atoms with van der Waals surface area (Å²) in [5.74, 6) is -0.222. The summed E-state index contributed by atoms with van der Waals surface area (Å²) in [6, 6.07) is 5.88. The minimum atomic E-state index is -0.366. The van der Waals surface area contributed by atoms with E-state index >= 15 is 0 Å². The quantitative estimate of drug-likeness (QED) is 0.754. The summed E-state index contributed by atoms with van der Waals surface area (Å²) in [4.78, 5) is 11.9. The largest absolute Gasteiger partial charge is 0.393 e. The Labute approximate surface area is 124 Å². The van der Waals surface area contributed by atoms with Crippen molar-refractivity contribution in [3.05, 3.63) is 30.1 Å². The number of amides is 1. The van der Waals surface area contributed by atoms with Crippen molar-refractivity contribution in [1.29, 1.82) is 0 Å². The summed E-state index contributed by atoms with van der Waals surface area (Å²) in [6.07, 6.45) is 3.09. The molecular formula is C16H23FN2O2. The lowest BCUT2D eigenvalue weighted by Crippen LogP contribution is -2.36. The highest BCUT2D eigenvalue weighted by Crippen LogP contribution is 2.24. The van der Waals surface area contributed by atoms with E-state index in [0.717, 1.165) is 25.8 Å². The third kappa shape index (κ3) is 5.10. The number of carbonyl (C=O) groups excluding carboxylic acids is 1. The van der Waals surface area contributed by atoms with Gasteiger partial charge in [-0.15, -0.1) is 0 Å². The summed E-state index contributed by atoms with van der Waals surface area (Å²) in [7, 11) is 0. The smallest absolute Gasteiger partial charge is 0.225 e. The molecule has 2 rings (SSSR count). The maximum atomic E-state index is 13.0. The van der Waals surface area contributed by atoms with Crippen LogP contribution in [0.2, 0.25) is 0 Å². The van der Waals surface area contributed by atoms with Crippen molar-refractivity contribution in [3.8, 4) is 0 Å². The topological polar surface area (TPSA) is 61.4 Å². The number of carbonyl (C=O) groups is 1. The van der Waals surface area contributed by atoms with Gasteiger partial charge in [0.25, 0.3) is 0 Å². The molecule has 0 aromatic heterocycles.